The molecule has 1 aromatic rings. The normalized spacial score (nSPS) is 9.46. The van der Waals surface area contributed by atoms with Gasteiger partial charge in [0.2, 0.25) is 0 Å². The summed E-state index contributed by atoms with van der Waals surface area (Å²) in [5, 5.41) is 0.441. The van der Waals surface area contributed by atoms with E-state index in [0.29, 0.717) is 16.3 Å². The lowest BCUT2D eigenvalue weighted by atomic mass is 10.2. The summed E-state index contributed by atoms with van der Waals surface area (Å²) in [6.45, 7) is 0. The fraction of sp³-hybridized carbons (Fsp3) is 0. The molecule has 0 radical (unpaired) electrons. The molecule has 6 heteroatoms. The fourth-order valence-corrected chi connectivity index (χ4v) is 1.03. The quantitative estimate of drug-likeness (QED) is 0.312. The van der Waals surface area contributed by atoms with Gasteiger partial charge in [-0.25, -0.2) is 5.84 Å². The minimum atomic E-state index is -0.395. The molecule has 6 N–H and O–H groups in total. The highest BCUT2D eigenvalue weighted by atomic mass is 35.5. The van der Waals surface area contributed by atoms with Crippen LogP contribution in [-0.4, -0.2) is 5.91 Å². The largest absolute Gasteiger partial charge is 0.323 e. The Morgan fingerprint density at radius 3 is 2.62 bits per heavy atom. The average molecular weight is 201 g/mol. The van der Waals surface area contributed by atoms with E-state index in [1.807, 2.05) is 5.43 Å². The minimum Gasteiger partial charge on any atom is -0.323 e. The van der Waals surface area contributed by atoms with E-state index in [4.69, 9.17) is 23.3 Å². The molecule has 0 aliphatic heterocycles. The molecule has 0 aliphatic rings. The third-order valence-electron chi connectivity index (χ3n) is 1.52. The molecule has 0 atom stereocenters. The van der Waals surface area contributed by atoms with Crippen molar-refractivity contribution in [1.29, 1.82) is 0 Å². The third kappa shape index (κ3) is 2.09. The monoisotopic (exact) mass is 200 g/mol. The molecule has 5 nitrogen and oxygen atoms in total. The van der Waals surface area contributed by atoms with Crippen molar-refractivity contribution in [2.45, 2.75) is 0 Å². The second-order valence-electron chi connectivity index (χ2n) is 2.31. The predicted octanol–water partition coefficient (Wildman–Crippen LogP) is 0.229. The van der Waals surface area contributed by atoms with Gasteiger partial charge in [-0.3, -0.25) is 16.1 Å². The molecule has 0 unspecified atom stereocenters. The van der Waals surface area contributed by atoms with E-state index >= 15 is 0 Å². The maximum Gasteiger partial charge on any atom is 0.265 e. The number of nitrogens with one attached hydrogen (secondary N) is 2. The Morgan fingerprint density at radius 2 is 2.08 bits per heavy atom. The van der Waals surface area contributed by atoms with Crippen molar-refractivity contribution >= 4 is 23.2 Å². The summed E-state index contributed by atoms with van der Waals surface area (Å²) in [6, 6.07) is 4.61. The van der Waals surface area contributed by atoms with Crippen LogP contribution in [0.15, 0.2) is 18.2 Å². The zero-order valence-corrected chi connectivity index (χ0v) is 7.43. The van der Waals surface area contributed by atoms with Gasteiger partial charge in [-0.2, -0.15) is 0 Å². The van der Waals surface area contributed by atoms with Gasteiger partial charge in [0.05, 0.1) is 10.7 Å². The number of carbonyl (C=O) groups is 1. The Balaban J connectivity index is 3.06. The first kappa shape index (κ1) is 9.79. The van der Waals surface area contributed by atoms with Crippen molar-refractivity contribution in [3.8, 4) is 0 Å². The first-order valence-electron chi connectivity index (χ1n) is 3.46. The highest BCUT2D eigenvalue weighted by Gasteiger charge is 2.06. The lowest BCUT2D eigenvalue weighted by Crippen LogP contribution is -2.30. The average Bonchev–Trinajstić information content (AvgIpc) is 2.17. The van der Waals surface area contributed by atoms with E-state index in [9.17, 15) is 4.79 Å². The Morgan fingerprint density at radius 1 is 1.38 bits per heavy atom. The number of halogens is 1. The van der Waals surface area contributed by atoms with Crippen molar-refractivity contribution in [3.05, 3.63) is 28.8 Å². The van der Waals surface area contributed by atoms with Crippen LogP contribution >= 0.6 is 11.6 Å². The van der Waals surface area contributed by atoms with Crippen LogP contribution in [0.25, 0.3) is 0 Å². The number of benzene rings is 1. The number of hydrogen-bond donors (Lipinski definition) is 4. The Labute approximate surface area is 80.0 Å². The lowest BCUT2D eigenvalue weighted by Gasteiger charge is -2.05. The van der Waals surface area contributed by atoms with Gasteiger partial charge in [0.1, 0.15) is 0 Å². The number of anilines is 1. The summed E-state index contributed by atoms with van der Waals surface area (Å²) in [5.74, 6) is 9.72. The van der Waals surface area contributed by atoms with Gasteiger partial charge >= 0.3 is 0 Å². The molecule has 0 fully saturated rings. The Bertz CT molecular complexity index is 328. The van der Waals surface area contributed by atoms with Gasteiger partial charge in [-0.15, -0.1) is 0 Å². The summed E-state index contributed by atoms with van der Waals surface area (Å²) in [5.41, 5.74) is 5.23. The summed E-state index contributed by atoms with van der Waals surface area (Å²) < 4.78 is 0. The zero-order valence-electron chi connectivity index (χ0n) is 6.67. The molecule has 0 aliphatic carbocycles. The fourth-order valence-electron chi connectivity index (χ4n) is 0.860. The highest BCUT2D eigenvalue weighted by Crippen LogP contribution is 2.21. The first-order valence-corrected chi connectivity index (χ1v) is 3.84. The van der Waals surface area contributed by atoms with Crippen LogP contribution in [0.2, 0.25) is 5.02 Å². The maximum absolute atomic E-state index is 11.0. The van der Waals surface area contributed by atoms with Crippen LogP contribution < -0.4 is 22.5 Å². The summed E-state index contributed by atoms with van der Waals surface area (Å²) in [7, 11) is 0. The third-order valence-corrected chi connectivity index (χ3v) is 1.84. The molecule has 1 aromatic carbocycles. The van der Waals surface area contributed by atoms with Gasteiger partial charge in [0, 0.05) is 5.56 Å². The summed E-state index contributed by atoms with van der Waals surface area (Å²) >= 11 is 5.74. The first-order chi connectivity index (χ1) is 6.19. The van der Waals surface area contributed by atoms with E-state index in [2.05, 4.69) is 5.43 Å². The molecule has 70 valence electrons. The topological polar surface area (TPSA) is 93.2 Å². The molecule has 13 heavy (non-hydrogen) atoms. The van der Waals surface area contributed by atoms with Gasteiger partial charge in [0.25, 0.3) is 5.91 Å². The van der Waals surface area contributed by atoms with E-state index < -0.39 is 5.91 Å². The van der Waals surface area contributed by atoms with Crippen molar-refractivity contribution < 1.29 is 4.79 Å². The molecule has 1 rings (SSSR count). The van der Waals surface area contributed by atoms with E-state index in [0.717, 1.165) is 0 Å². The SMILES string of the molecule is NNC(=O)c1ccc(Cl)c(NN)c1. The minimum absolute atomic E-state index is 0.389. The molecule has 0 aromatic heterocycles. The van der Waals surface area contributed by atoms with Crippen molar-refractivity contribution in [2.75, 3.05) is 5.43 Å². The number of carbonyl (C=O) groups excluding carboxylic acids is 1. The molecule has 0 saturated carbocycles. The van der Waals surface area contributed by atoms with Gasteiger partial charge < -0.3 is 5.43 Å². The standard InChI is InChI=1S/C7H9ClN4O/c8-5-2-1-4(7(13)12-10)3-6(5)11-9/h1-3,11H,9-10H2,(H,12,13). The van der Waals surface area contributed by atoms with Gasteiger partial charge in [-0.1, -0.05) is 11.6 Å². The second-order valence-corrected chi connectivity index (χ2v) is 2.72. The molecule has 0 bridgehead atoms. The van der Waals surface area contributed by atoms with Gasteiger partial charge in [-0.05, 0) is 18.2 Å². The Kier molecular flexibility index (Phi) is 3.07. The van der Waals surface area contributed by atoms with Crippen LogP contribution in [0, 0.1) is 0 Å². The van der Waals surface area contributed by atoms with Crippen LogP contribution in [0.5, 0.6) is 0 Å². The predicted molar refractivity (Wildman–Crippen MR) is 50.9 cm³/mol. The molecular weight excluding hydrogens is 192 g/mol. The lowest BCUT2D eigenvalue weighted by molar-refractivity contribution is 0.0953. The van der Waals surface area contributed by atoms with Gasteiger partial charge in [0.15, 0.2) is 0 Å². The molecule has 0 spiro atoms. The summed E-state index contributed by atoms with van der Waals surface area (Å²) in [6.07, 6.45) is 0. The van der Waals surface area contributed by atoms with Crippen molar-refractivity contribution in [3.63, 3.8) is 0 Å². The van der Waals surface area contributed by atoms with Crippen LogP contribution in [0.4, 0.5) is 5.69 Å². The van der Waals surface area contributed by atoms with Crippen LogP contribution in [0.1, 0.15) is 10.4 Å². The van der Waals surface area contributed by atoms with Crippen molar-refractivity contribution in [2.24, 2.45) is 11.7 Å². The highest BCUT2D eigenvalue weighted by molar-refractivity contribution is 6.33. The smallest absolute Gasteiger partial charge is 0.265 e. The van der Waals surface area contributed by atoms with Crippen LogP contribution in [0.3, 0.4) is 0 Å². The number of nitrogens with two attached hydrogens (primary N) is 2. The van der Waals surface area contributed by atoms with E-state index in [1.54, 1.807) is 12.1 Å². The number of amides is 1. The number of hydrogen-bond acceptors (Lipinski definition) is 4. The second kappa shape index (κ2) is 4.08. The number of hydrazine groups is 2. The van der Waals surface area contributed by atoms with Crippen molar-refractivity contribution in [1.82, 2.24) is 5.43 Å². The molecule has 1 amide bonds. The Hall–Kier alpha value is -1.30. The zero-order chi connectivity index (χ0) is 9.84. The number of rotatable bonds is 2. The molecule has 0 saturated heterocycles. The number of nitrogen functional groups attached to an aromatic ring is 2. The molecular formula is C7H9ClN4O. The van der Waals surface area contributed by atoms with Crippen LogP contribution in [-0.2, 0) is 0 Å². The summed E-state index contributed by atoms with van der Waals surface area (Å²) in [4.78, 5) is 11.0. The molecule has 0 heterocycles. The van der Waals surface area contributed by atoms with E-state index in [-0.39, 0.29) is 0 Å². The maximum atomic E-state index is 11.0. The van der Waals surface area contributed by atoms with E-state index in [1.165, 1.54) is 6.07 Å².